The third-order valence-electron chi connectivity index (χ3n) is 5.02. The number of esters is 4. The molecule has 31 heavy (non-hydrogen) atoms. The Hall–Kier alpha value is -2.69. The highest BCUT2D eigenvalue weighted by molar-refractivity contribution is 5.79. The highest BCUT2D eigenvalue weighted by Gasteiger charge is 2.52. The molecule has 1 unspecified atom stereocenters. The van der Waals surface area contributed by atoms with Crippen LogP contribution in [0.25, 0.3) is 0 Å². The fourth-order valence-electron chi connectivity index (χ4n) is 3.79. The van der Waals surface area contributed by atoms with E-state index < -0.39 is 54.5 Å². The molecule has 5 atom stereocenters. The molecular weight excluding hydrogens is 414 g/mol. The average molecular weight is 443 g/mol. The second kappa shape index (κ2) is 11.1. The number of amides is 1. The second-order valence-electron chi connectivity index (χ2n) is 7.62. The minimum absolute atomic E-state index is 0.234. The summed E-state index contributed by atoms with van der Waals surface area (Å²) < 4.78 is 26.6. The maximum atomic E-state index is 12.8. The standard InChI is InChI=1S/C20H29NO10/c1-10(22)27-9-15-17(28-11(2)23)18(29-12(3)24)16(20(31-15)30-13(4)25)21-19(26)14-7-5-6-8-14/h14-18,20H,5-9H2,1-4H3,(H,21,26)/t15-,16-,17-,18-,20?/m1/s1. The number of nitrogens with one attached hydrogen (secondary N) is 1. The minimum atomic E-state index is -1.36. The summed E-state index contributed by atoms with van der Waals surface area (Å²) >= 11 is 0. The van der Waals surface area contributed by atoms with Gasteiger partial charge in [-0.3, -0.25) is 24.0 Å². The Kier molecular flexibility index (Phi) is 8.78. The fourth-order valence-corrected chi connectivity index (χ4v) is 3.79. The van der Waals surface area contributed by atoms with Crippen LogP contribution in [0.3, 0.4) is 0 Å². The number of hydrogen-bond donors (Lipinski definition) is 1. The van der Waals surface area contributed by atoms with Crippen molar-refractivity contribution >= 4 is 29.8 Å². The third-order valence-corrected chi connectivity index (χ3v) is 5.02. The minimum Gasteiger partial charge on any atom is -0.463 e. The second-order valence-corrected chi connectivity index (χ2v) is 7.62. The summed E-state index contributed by atoms with van der Waals surface area (Å²) in [7, 11) is 0. The molecule has 1 saturated heterocycles. The van der Waals surface area contributed by atoms with Crippen LogP contribution in [0.5, 0.6) is 0 Å². The lowest BCUT2D eigenvalue weighted by Crippen LogP contribution is -2.67. The van der Waals surface area contributed by atoms with E-state index in [-0.39, 0.29) is 18.4 Å². The first-order chi connectivity index (χ1) is 14.6. The van der Waals surface area contributed by atoms with Crippen LogP contribution in [-0.4, -0.2) is 67.0 Å². The molecule has 0 bridgehead atoms. The first-order valence-corrected chi connectivity index (χ1v) is 10.2. The fraction of sp³-hybridized carbons (Fsp3) is 0.750. The van der Waals surface area contributed by atoms with E-state index in [1.54, 1.807) is 0 Å². The molecule has 1 saturated carbocycles. The predicted octanol–water partition coefficient (Wildman–Crippen LogP) is 0.376. The maximum absolute atomic E-state index is 12.8. The van der Waals surface area contributed by atoms with Crippen LogP contribution in [0.4, 0.5) is 0 Å². The van der Waals surface area contributed by atoms with Crippen molar-refractivity contribution in [2.24, 2.45) is 5.92 Å². The van der Waals surface area contributed by atoms with Crippen molar-refractivity contribution in [1.82, 2.24) is 5.32 Å². The van der Waals surface area contributed by atoms with E-state index in [1.165, 1.54) is 6.92 Å². The molecule has 174 valence electrons. The average Bonchev–Trinajstić information content (AvgIpc) is 3.18. The SMILES string of the molecule is CC(=O)OC[C@H]1OC(OC(C)=O)[C@H](NC(=O)C2CCCC2)[C@@H](OC(C)=O)[C@@H]1OC(C)=O. The van der Waals surface area contributed by atoms with Crippen molar-refractivity contribution in [3.8, 4) is 0 Å². The smallest absolute Gasteiger partial charge is 0.305 e. The summed E-state index contributed by atoms with van der Waals surface area (Å²) in [6.45, 7) is 4.28. The Morgan fingerprint density at radius 2 is 1.35 bits per heavy atom. The van der Waals surface area contributed by atoms with E-state index in [1.807, 2.05) is 0 Å². The van der Waals surface area contributed by atoms with Gasteiger partial charge in [-0.05, 0) is 12.8 Å². The lowest BCUT2D eigenvalue weighted by molar-refractivity contribution is -0.271. The van der Waals surface area contributed by atoms with Crippen molar-refractivity contribution in [2.45, 2.75) is 84.0 Å². The van der Waals surface area contributed by atoms with Crippen LogP contribution in [0.1, 0.15) is 53.4 Å². The lowest BCUT2D eigenvalue weighted by Gasteiger charge is -2.44. The zero-order valence-electron chi connectivity index (χ0n) is 18.1. The van der Waals surface area contributed by atoms with Crippen molar-refractivity contribution in [1.29, 1.82) is 0 Å². The molecule has 11 nitrogen and oxygen atoms in total. The molecule has 1 amide bonds. The topological polar surface area (TPSA) is 144 Å². The quantitative estimate of drug-likeness (QED) is 0.433. The summed E-state index contributed by atoms with van der Waals surface area (Å²) in [6.07, 6.45) is -1.69. The van der Waals surface area contributed by atoms with E-state index in [4.69, 9.17) is 23.7 Å². The van der Waals surface area contributed by atoms with Gasteiger partial charge in [0.15, 0.2) is 12.2 Å². The van der Waals surface area contributed by atoms with Gasteiger partial charge in [0.1, 0.15) is 18.8 Å². The van der Waals surface area contributed by atoms with Gasteiger partial charge in [-0.15, -0.1) is 0 Å². The van der Waals surface area contributed by atoms with Gasteiger partial charge < -0.3 is 29.0 Å². The first kappa shape index (κ1) is 24.6. The largest absolute Gasteiger partial charge is 0.463 e. The van der Waals surface area contributed by atoms with Crippen LogP contribution in [-0.2, 0) is 47.7 Å². The van der Waals surface area contributed by atoms with Crippen molar-refractivity contribution in [3.05, 3.63) is 0 Å². The van der Waals surface area contributed by atoms with Crippen LogP contribution in [0.2, 0.25) is 0 Å². The molecule has 1 N–H and O–H groups in total. The van der Waals surface area contributed by atoms with E-state index >= 15 is 0 Å². The Balaban J connectivity index is 2.37. The molecule has 0 spiro atoms. The molecule has 0 aromatic heterocycles. The Bertz CT molecular complexity index is 702. The molecular formula is C20H29NO10. The van der Waals surface area contributed by atoms with Gasteiger partial charge >= 0.3 is 23.9 Å². The Morgan fingerprint density at radius 1 is 0.806 bits per heavy atom. The maximum Gasteiger partial charge on any atom is 0.305 e. The zero-order valence-corrected chi connectivity index (χ0v) is 18.1. The van der Waals surface area contributed by atoms with Gasteiger partial charge in [0.05, 0.1) is 0 Å². The van der Waals surface area contributed by atoms with E-state index in [0.29, 0.717) is 12.8 Å². The van der Waals surface area contributed by atoms with E-state index in [0.717, 1.165) is 33.6 Å². The highest BCUT2D eigenvalue weighted by Crippen LogP contribution is 2.30. The van der Waals surface area contributed by atoms with Gasteiger partial charge in [-0.1, -0.05) is 12.8 Å². The molecule has 0 aromatic rings. The third kappa shape index (κ3) is 7.20. The number of hydrogen-bond acceptors (Lipinski definition) is 10. The van der Waals surface area contributed by atoms with Crippen molar-refractivity contribution in [3.63, 3.8) is 0 Å². The van der Waals surface area contributed by atoms with E-state index in [9.17, 15) is 24.0 Å². The van der Waals surface area contributed by atoms with Gasteiger partial charge in [0, 0.05) is 33.6 Å². The normalized spacial score (nSPS) is 28.3. The molecule has 11 heteroatoms. The van der Waals surface area contributed by atoms with Crippen molar-refractivity contribution in [2.75, 3.05) is 6.61 Å². The zero-order chi connectivity index (χ0) is 23.1. The Morgan fingerprint density at radius 3 is 1.87 bits per heavy atom. The van der Waals surface area contributed by atoms with Crippen LogP contribution in [0.15, 0.2) is 0 Å². The van der Waals surface area contributed by atoms with Crippen LogP contribution >= 0.6 is 0 Å². The van der Waals surface area contributed by atoms with Gasteiger partial charge in [0.25, 0.3) is 0 Å². The first-order valence-electron chi connectivity index (χ1n) is 10.2. The highest BCUT2D eigenvalue weighted by atomic mass is 16.7. The van der Waals surface area contributed by atoms with E-state index in [2.05, 4.69) is 5.32 Å². The summed E-state index contributed by atoms with van der Waals surface area (Å²) in [5, 5.41) is 2.74. The molecule has 1 heterocycles. The molecule has 2 aliphatic rings. The molecule has 0 aromatic carbocycles. The molecule has 2 fully saturated rings. The van der Waals surface area contributed by atoms with Crippen LogP contribution in [0, 0.1) is 5.92 Å². The molecule has 2 rings (SSSR count). The molecule has 1 aliphatic carbocycles. The number of ether oxygens (including phenoxy) is 5. The lowest BCUT2D eigenvalue weighted by atomic mass is 9.95. The monoisotopic (exact) mass is 443 g/mol. The van der Waals surface area contributed by atoms with Crippen molar-refractivity contribution < 1.29 is 47.7 Å². The summed E-state index contributed by atoms with van der Waals surface area (Å²) in [5.41, 5.74) is 0. The molecule has 1 aliphatic heterocycles. The van der Waals surface area contributed by atoms with Gasteiger partial charge in [-0.2, -0.15) is 0 Å². The summed E-state index contributed by atoms with van der Waals surface area (Å²) in [4.78, 5) is 59.3. The predicted molar refractivity (Wildman–Crippen MR) is 102 cm³/mol. The molecule has 0 radical (unpaired) electrons. The summed E-state index contributed by atoms with van der Waals surface area (Å²) in [5.74, 6) is -3.27. The number of carbonyl (C=O) groups is 5. The Labute approximate surface area is 180 Å². The van der Waals surface area contributed by atoms with Gasteiger partial charge in [-0.25, -0.2) is 0 Å². The summed E-state index contributed by atoms with van der Waals surface area (Å²) in [6, 6.07) is -1.14. The van der Waals surface area contributed by atoms with Crippen LogP contribution < -0.4 is 5.32 Å². The van der Waals surface area contributed by atoms with Gasteiger partial charge in [0.2, 0.25) is 12.2 Å². The number of rotatable bonds is 7. The number of carbonyl (C=O) groups excluding carboxylic acids is 5.